The van der Waals surface area contributed by atoms with E-state index in [4.69, 9.17) is 0 Å². The molecule has 1 rings (SSSR count). The molecule has 0 bridgehead atoms. The van der Waals surface area contributed by atoms with Crippen molar-refractivity contribution in [3.63, 3.8) is 0 Å². The average molecular weight is 396 g/mol. The van der Waals surface area contributed by atoms with Crippen molar-refractivity contribution in [1.82, 2.24) is 0 Å². The fraction of sp³-hybridized carbons (Fsp3) is 0.684. The van der Waals surface area contributed by atoms with Crippen LogP contribution in [0.4, 0.5) is 5.69 Å². The Hall–Kier alpha value is -0.181. The van der Waals surface area contributed by atoms with Crippen LogP contribution in [-0.2, 0) is 0 Å². The van der Waals surface area contributed by atoms with E-state index >= 15 is 0 Å². The van der Waals surface area contributed by atoms with Gasteiger partial charge in [0.15, 0.2) is 0 Å². The molecule has 1 nitrogen and oxygen atoms in total. The number of para-hydroxylation sites is 1. The first-order chi connectivity index (χ1) is 10.2. The van der Waals surface area contributed by atoms with Gasteiger partial charge in [0.1, 0.15) is 0 Å². The van der Waals surface area contributed by atoms with E-state index in [1.165, 1.54) is 57.5 Å². The first-order valence-corrected chi connectivity index (χ1v) is 16.3. The molecule has 0 aliphatic rings. The van der Waals surface area contributed by atoms with Crippen LogP contribution in [0.5, 0.6) is 0 Å². The second-order valence-corrected chi connectivity index (χ2v) is 19.6. The van der Waals surface area contributed by atoms with Gasteiger partial charge in [0.05, 0.1) is 0 Å². The quantitative estimate of drug-likeness (QED) is 0.388. The number of nitrogens with zero attached hydrogens (tertiary/aromatic N) is 1. The van der Waals surface area contributed by atoms with Gasteiger partial charge in [-0.3, -0.25) is 0 Å². The summed E-state index contributed by atoms with van der Waals surface area (Å²) in [5.74, 6) is 0. The van der Waals surface area contributed by atoms with E-state index in [-0.39, 0.29) is 0 Å². The molecule has 0 saturated heterocycles. The summed E-state index contributed by atoms with van der Waals surface area (Å²) in [6.45, 7) is 7.04. The first-order valence-electron chi connectivity index (χ1n) is 8.99. The van der Waals surface area contributed by atoms with E-state index in [9.17, 15) is 0 Å². The van der Waals surface area contributed by atoms with Crippen LogP contribution in [0.25, 0.3) is 0 Å². The first kappa shape index (κ1) is 18.9. The fourth-order valence-electron chi connectivity index (χ4n) is 3.32. The van der Waals surface area contributed by atoms with Crippen LogP contribution in [0, 0.1) is 0 Å². The number of benzene rings is 1. The Morgan fingerprint density at radius 1 is 0.762 bits per heavy atom. The molecule has 21 heavy (non-hydrogen) atoms. The molecule has 1 aromatic carbocycles. The van der Waals surface area contributed by atoms with Crippen LogP contribution in [0.2, 0.25) is 13.3 Å². The molecule has 0 aromatic heterocycles. The molecule has 2 heteroatoms. The number of rotatable bonds is 11. The van der Waals surface area contributed by atoms with E-state index in [2.05, 4.69) is 61.3 Å². The maximum atomic E-state index is 2.80. The molecule has 0 saturated carbocycles. The van der Waals surface area contributed by atoms with Gasteiger partial charge in [-0.15, -0.1) is 0 Å². The summed E-state index contributed by atoms with van der Waals surface area (Å²) in [5, 5.41) is 0. The Bertz CT molecular complexity index is 341. The number of unbranched alkanes of at least 4 members (excludes halogenated alkanes) is 3. The van der Waals surface area contributed by atoms with E-state index in [1.54, 1.807) is 0 Å². The SMILES string of the molecule is CCC[CH2][Sn]([CH2]CCC)([CH2]CCC)[N](C)c1ccccc1. The van der Waals surface area contributed by atoms with Gasteiger partial charge in [0.25, 0.3) is 0 Å². The molecule has 0 aliphatic carbocycles. The molecule has 0 radical (unpaired) electrons. The van der Waals surface area contributed by atoms with Crippen molar-refractivity contribution < 1.29 is 0 Å². The van der Waals surface area contributed by atoms with Crippen molar-refractivity contribution in [3.8, 4) is 0 Å². The summed E-state index contributed by atoms with van der Waals surface area (Å²) in [7, 11) is 2.41. The molecule has 0 unspecified atom stereocenters. The van der Waals surface area contributed by atoms with Crippen LogP contribution >= 0.6 is 0 Å². The predicted octanol–water partition coefficient (Wildman–Crippen LogP) is 6.47. The summed E-state index contributed by atoms with van der Waals surface area (Å²) in [4.78, 5) is 0. The van der Waals surface area contributed by atoms with Crippen LogP contribution in [0.3, 0.4) is 0 Å². The van der Waals surface area contributed by atoms with Crippen LogP contribution in [0.1, 0.15) is 59.3 Å². The van der Waals surface area contributed by atoms with Gasteiger partial charge < -0.3 is 0 Å². The summed E-state index contributed by atoms with van der Waals surface area (Å²) in [6, 6.07) is 11.2. The van der Waals surface area contributed by atoms with Crippen LogP contribution in [-0.4, -0.2) is 25.7 Å². The molecule has 0 heterocycles. The molecule has 1 aromatic rings. The Kier molecular flexibility index (Phi) is 9.46. The molecule has 0 N–H and O–H groups in total. The van der Waals surface area contributed by atoms with Gasteiger partial charge >= 0.3 is 137 Å². The zero-order valence-electron chi connectivity index (χ0n) is 14.7. The van der Waals surface area contributed by atoms with Crippen molar-refractivity contribution in [2.75, 3.05) is 10.2 Å². The van der Waals surface area contributed by atoms with Gasteiger partial charge in [-0.25, -0.2) is 0 Å². The third kappa shape index (κ3) is 5.84. The van der Waals surface area contributed by atoms with E-state index in [1.807, 2.05) is 0 Å². The van der Waals surface area contributed by atoms with Gasteiger partial charge in [-0.05, 0) is 0 Å². The third-order valence-corrected chi connectivity index (χ3v) is 20.6. The standard InChI is InChI=1S/C7H8N.3C4H9.Sn/c1-8-7-5-3-2-4-6-7;3*1-3-4-2;/h2-6H,1H3;3*1,3-4H2,2H3;/q-1;;;;+1. The summed E-state index contributed by atoms with van der Waals surface area (Å²) >= 11 is -2.25. The average Bonchev–Trinajstić information content (AvgIpc) is 2.55. The minimum atomic E-state index is -2.25. The molecule has 0 fully saturated rings. The number of anilines is 1. The van der Waals surface area contributed by atoms with Gasteiger partial charge in [-0.2, -0.15) is 0 Å². The monoisotopic (exact) mass is 397 g/mol. The Labute approximate surface area is 137 Å². The third-order valence-electron chi connectivity index (χ3n) is 4.84. The van der Waals surface area contributed by atoms with Crippen molar-refractivity contribution in [2.24, 2.45) is 0 Å². The zero-order valence-corrected chi connectivity index (χ0v) is 17.6. The Morgan fingerprint density at radius 2 is 1.19 bits per heavy atom. The van der Waals surface area contributed by atoms with Crippen molar-refractivity contribution in [3.05, 3.63) is 30.3 Å². The molecule has 0 atom stereocenters. The van der Waals surface area contributed by atoms with Gasteiger partial charge in [-0.1, -0.05) is 0 Å². The molecule has 0 spiro atoms. The zero-order chi connectivity index (χ0) is 15.6. The molecule has 0 amide bonds. The number of hydrogen-bond acceptors (Lipinski definition) is 1. The molecular weight excluding hydrogens is 361 g/mol. The van der Waals surface area contributed by atoms with E-state index < -0.39 is 18.7 Å². The molecule has 120 valence electrons. The van der Waals surface area contributed by atoms with Gasteiger partial charge in [0.2, 0.25) is 0 Å². The van der Waals surface area contributed by atoms with Crippen molar-refractivity contribution in [1.29, 1.82) is 0 Å². The Morgan fingerprint density at radius 3 is 1.57 bits per heavy atom. The normalized spacial score (nSPS) is 11.6. The van der Waals surface area contributed by atoms with Crippen molar-refractivity contribution >= 4 is 24.3 Å². The minimum absolute atomic E-state index is 1.35. The maximum absolute atomic E-state index is 2.80. The predicted molar refractivity (Wildman–Crippen MR) is 99.7 cm³/mol. The van der Waals surface area contributed by atoms with E-state index in [0.29, 0.717) is 0 Å². The van der Waals surface area contributed by atoms with Gasteiger partial charge in [0, 0.05) is 0 Å². The Balaban J connectivity index is 2.99. The topological polar surface area (TPSA) is 3.24 Å². The molecular formula is C19H35NSn. The van der Waals surface area contributed by atoms with Crippen LogP contribution < -0.4 is 3.12 Å². The second kappa shape index (κ2) is 10.5. The summed E-state index contributed by atoms with van der Waals surface area (Å²) in [5.41, 5.74) is 1.47. The number of hydrogen-bond donors (Lipinski definition) is 0. The van der Waals surface area contributed by atoms with Crippen LogP contribution in [0.15, 0.2) is 30.3 Å². The summed E-state index contributed by atoms with van der Waals surface area (Å²) in [6.07, 6.45) is 8.33. The van der Waals surface area contributed by atoms with Crippen molar-refractivity contribution in [2.45, 2.75) is 72.6 Å². The molecule has 0 aliphatic heterocycles. The summed E-state index contributed by atoms with van der Waals surface area (Å²) < 4.78 is 7.42. The second-order valence-electron chi connectivity index (χ2n) is 6.43. The fourth-order valence-corrected chi connectivity index (χ4v) is 19.0. The van der Waals surface area contributed by atoms with E-state index in [0.717, 1.165) is 0 Å².